The predicted octanol–water partition coefficient (Wildman–Crippen LogP) is 4.69. The zero-order valence-electron chi connectivity index (χ0n) is 16.7. The molecule has 0 spiro atoms. The van der Waals surface area contributed by atoms with E-state index in [1.807, 2.05) is 6.07 Å². The summed E-state index contributed by atoms with van der Waals surface area (Å²) >= 11 is 0. The van der Waals surface area contributed by atoms with Gasteiger partial charge in [0.1, 0.15) is 5.65 Å². The smallest absolute Gasteiger partial charge is 0.278 e. The molecule has 2 aromatic rings. The topological polar surface area (TPSA) is 47.4 Å². The van der Waals surface area contributed by atoms with Crippen LogP contribution in [0.1, 0.15) is 51.9 Å². The van der Waals surface area contributed by atoms with Crippen molar-refractivity contribution >= 4 is 25.2 Å². The number of carbonyl (C=O) groups excluding carboxylic acids is 1. The second kappa shape index (κ2) is 7.29. The molecule has 0 N–H and O–H groups in total. The largest absolute Gasteiger partial charge is 0.359 e. The molecule has 0 aliphatic rings. The zero-order valence-corrected chi connectivity index (χ0v) is 17.7. The molecule has 6 heteroatoms. The maximum absolute atomic E-state index is 12.3. The predicted molar refractivity (Wildman–Crippen MR) is 105 cm³/mol. The molecule has 0 atom stereocenters. The van der Waals surface area contributed by atoms with Crippen LogP contribution in [0, 0.1) is 0 Å². The van der Waals surface area contributed by atoms with Crippen LogP contribution in [-0.4, -0.2) is 42.6 Å². The number of pyridine rings is 1. The van der Waals surface area contributed by atoms with Gasteiger partial charge in [-0.05, 0) is 35.0 Å². The SMILES string of the molecule is CON(C)C(=O)c1cnc2c(ccn2[Si](C(C)C)(C(C)C)C(C)C)c1. The van der Waals surface area contributed by atoms with Gasteiger partial charge in [-0.3, -0.25) is 9.63 Å². The third-order valence-electron chi connectivity index (χ3n) is 5.53. The van der Waals surface area contributed by atoms with Gasteiger partial charge in [0, 0.05) is 18.6 Å². The van der Waals surface area contributed by atoms with Gasteiger partial charge in [0.2, 0.25) is 0 Å². The monoisotopic (exact) mass is 361 g/mol. The van der Waals surface area contributed by atoms with Crippen molar-refractivity contribution in [3.63, 3.8) is 0 Å². The highest BCUT2D eigenvalue weighted by molar-refractivity contribution is 6.82. The molecule has 0 radical (unpaired) electrons. The van der Waals surface area contributed by atoms with Crippen LogP contribution in [0.4, 0.5) is 0 Å². The molecule has 0 aromatic carbocycles. The Hall–Kier alpha value is -1.66. The second-order valence-electron chi connectivity index (χ2n) is 7.66. The first-order chi connectivity index (χ1) is 11.7. The van der Waals surface area contributed by atoms with E-state index >= 15 is 0 Å². The van der Waals surface area contributed by atoms with E-state index in [0.717, 1.165) is 11.0 Å². The van der Waals surface area contributed by atoms with E-state index < -0.39 is 8.24 Å². The molecule has 0 unspecified atom stereocenters. The van der Waals surface area contributed by atoms with E-state index in [4.69, 9.17) is 4.84 Å². The molecule has 0 bridgehead atoms. The number of fused-ring (bicyclic) bond motifs is 1. The first kappa shape index (κ1) is 19.7. The van der Waals surface area contributed by atoms with Gasteiger partial charge >= 0.3 is 0 Å². The van der Waals surface area contributed by atoms with Crippen LogP contribution < -0.4 is 0 Å². The molecule has 0 aliphatic carbocycles. The van der Waals surface area contributed by atoms with Gasteiger partial charge in [-0.1, -0.05) is 41.5 Å². The van der Waals surface area contributed by atoms with Crippen molar-refractivity contribution in [1.29, 1.82) is 0 Å². The molecule has 0 aliphatic heterocycles. The Morgan fingerprint density at radius 3 is 2.20 bits per heavy atom. The number of amides is 1. The van der Waals surface area contributed by atoms with Gasteiger partial charge in [-0.2, -0.15) is 0 Å². The Labute approximate surface area is 152 Å². The van der Waals surface area contributed by atoms with Crippen molar-refractivity contribution in [1.82, 2.24) is 14.3 Å². The number of hydrogen-bond acceptors (Lipinski definition) is 3. The summed E-state index contributed by atoms with van der Waals surface area (Å²) in [6, 6.07) is 4.00. The quantitative estimate of drug-likeness (QED) is 0.554. The Morgan fingerprint density at radius 1 is 1.16 bits per heavy atom. The minimum Gasteiger partial charge on any atom is -0.359 e. The highest BCUT2D eigenvalue weighted by Gasteiger charge is 2.45. The summed E-state index contributed by atoms with van der Waals surface area (Å²) in [5.41, 5.74) is 3.29. The summed E-state index contributed by atoms with van der Waals surface area (Å²) in [6.45, 7) is 14.0. The van der Waals surface area contributed by atoms with Gasteiger partial charge in [-0.25, -0.2) is 10.0 Å². The van der Waals surface area contributed by atoms with Crippen molar-refractivity contribution in [3.05, 3.63) is 30.1 Å². The summed E-state index contributed by atoms with van der Waals surface area (Å²) in [6.07, 6.45) is 3.84. The van der Waals surface area contributed by atoms with Gasteiger partial charge in [0.25, 0.3) is 5.91 Å². The lowest BCUT2D eigenvalue weighted by molar-refractivity contribution is -0.0757. The van der Waals surface area contributed by atoms with Crippen LogP contribution >= 0.6 is 0 Å². The number of nitrogens with zero attached hydrogens (tertiary/aromatic N) is 3. The lowest BCUT2D eigenvalue weighted by atomic mass is 10.2. The van der Waals surface area contributed by atoms with Crippen molar-refractivity contribution in [2.75, 3.05) is 14.2 Å². The van der Waals surface area contributed by atoms with Crippen LogP contribution in [0.15, 0.2) is 24.5 Å². The standard InChI is InChI=1S/C19H31N3O2Si/c1-13(2)25(14(3)4,15(5)6)22-10-9-16-11-17(12-20-18(16)22)19(23)21(7)24-8/h9-15H,1-8H3. The van der Waals surface area contributed by atoms with Gasteiger partial charge < -0.3 is 4.23 Å². The van der Waals surface area contributed by atoms with E-state index in [2.05, 4.69) is 63.0 Å². The Kier molecular flexibility index (Phi) is 5.74. The van der Waals surface area contributed by atoms with Crippen molar-refractivity contribution in [3.8, 4) is 0 Å². The molecule has 5 nitrogen and oxygen atoms in total. The molecular formula is C19H31N3O2Si. The van der Waals surface area contributed by atoms with Crippen molar-refractivity contribution in [2.24, 2.45) is 0 Å². The summed E-state index contributed by atoms with van der Waals surface area (Å²) < 4.78 is 2.45. The normalized spacial score (nSPS) is 12.6. The second-order valence-corrected chi connectivity index (χ2v) is 13.4. The number of aromatic nitrogens is 2. The van der Waals surface area contributed by atoms with Crippen LogP contribution in [-0.2, 0) is 4.84 Å². The Balaban J connectivity index is 2.62. The van der Waals surface area contributed by atoms with E-state index in [1.165, 1.54) is 12.2 Å². The van der Waals surface area contributed by atoms with E-state index in [0.29, 0.717) is 22.2 Å². The first-order valence-electron chi connectivity index (χ1n) is 8.97. The average molecular weight is 362 g/mol. The third kappa shape index (κ3) is 3.13. The van der Waals surface area contributed by atoms with E-state index in [1.54, 1.807) is 13.2 Å². The molecule has 1 amide bonds. The number of hydroxylamine groups is 2. The lowest BCUT2D eigenvalue weighted by Crippen LogP contribution is -2.51. The molecule has 0 saturated carbocycles. The molecule has 0 saturated heterocycles. The molecular weight excluding hydrogens is 330 g/mol. The number of carbonyl (C=O) groups is 1. The van der Waals surface area contributed by atoms with Crippen LogP contribution in [0.5, 0.6) is 0 Å². The van der Waals surface area contributed by atoms with Gasteiger partial charge in [-0.15, -0.1) is 0 Å². The fraction of sp³-hybridized carbons (Fsp3) is 0.579. The maximum Gasteiger partial charge on any atom is 0.278 e. The Morgan fingerprint density at radius 2 is 1.72 bits per heavy atom. The fourth-order valence-electron chi connectivity index (χ4n) is 4.55. The molecule has 2 aromatic heterocycles. The maximum atomic E-state index is 12.3. The van der Waals surface area contributed by atoms with Crippen LogP contribution in [0.3, 0.4) is 0 Å². The fourth-order valence-corrected chi connectivity index (χ4v) is 11.1. The highest BCUT2D eigenvalue weighted by atomic mass is 28.3. The number of hydrogen-bond donors (Lipinski definition) is 0. The molecule has 0 fully saturated rings. The lowest BCUT2D eigenvalue weighted by Gasteiger charge is -2.44. The summed E-state index contributed by atoms with van der Waals surface area (Å²) in [4.78, 5) is 22.0. The summed E-state index contributed by atoms with van der Waals surface area (Å²) in [7, 11) is 1.23. The minimum absolute atomic E-state index is 0.190. The first-order valence-corrected chi connectivity index (χ1v) is 11.2. The summed E-state index contributed by atoms with van der Waals surface area (Å²) in [5.74, 6) is -0.190. The molecule has 2 heterocycles. The summed E-state index contributed by atoms with van der Waals surface area (Å²) in [5, 5.41) is 2.23. The minimum atomic E-state index is -1.86. The zero-order chi connectivity index (χ0) is 18.9. The molecule has 2 rings (SSSR count). The number of rotatable bonds is 6. The van der Waals surface area contributed by atoms with Crippen molar-refractivity contribution in [2.45, 2.75) is 58.2 Å². The van der Waals surface area contributed by atoms with Crippen LogP contribution in [0.25, 0.3) is 11.0 Å². The molecule has 25 heavy (non-hydrogen) atoms. The van der Waals surface area contributed by atoms with Gasteiger partial charge in [0.05, 0.1) is 12.7 Å². The average Bonchev–Trinajstić information content (AvgIpc) is 2.96. The van der Waals surface area contributed by atoms with E-state index in [9.17, 15) is 4.79 Å². The molecule has 138 valence electrons. The van der Waals surface area contributed by atoms with Gasteiger partial charge in [0.15, 0.2) is 8.24 Å². The van der Waals surface area contributed by atoms with Crippen LogP contribution in [0.2, 0.25) is 16.6 Å². The van der Waals surface area contributed by atoms with E-state index in [-0.39, 0.29) is 5.91 Å². The highest BCUT2D eigenvalue weighted by Crippen LogP contribution is 2.43. The third-order valence-corrected chi connectivity index (χ3v) is 12.3. The Bertz CT molecular complexity index is 730. The van der Waals surface area contributed by atoms with Crippen molar-refractivity contribution < 1.29 is 9.63 Å².